The minimum atomic E-state index is 0.669. The molecule has 1 aliphatic heterocycles. The van der Waals surface area contributed by atoms with Gasteiger partial charge in [-0.25, -0.2) is 0 Å². The molecule has 2 nitrogen and oxygen atoms in total. The third-order valence-electron chi connectivity index (χ3n) is 5.27. The molecule has 2 fully saturated rings. The lowest BCUT2D eigenvalue weighted by molar-refractivity contribution is 0.226. The number of rotatable bonds is 3. The van der Waals surface area contributed by atoms with E-state index in [9.17, 15) is 0 Å². The molecule has 20 heavy (non-hydrogen) atoms. The molecule has 2 N–H and O–H groups in total. The fourth-order valence-corrected chi connectivity index (χ4v) is 4.30. The maximum absolute atomic E-state index is 6.47. The number of nitrogens with zero attached hydrogens (tertiary/aromatic N) is 1. The summed E-state index contributed by atoms with van der Waals surface area (Å²) in [6.45, 7) is 3.01. The molecule has 1 saturated carbocycles. The van der Waals surface area contributed by atoms with Crippen LogP contribution in [0.1, 0.15) is 44.1 Å². The van der Waals surface area contributed by atoms with Gasteiger partial charge in [0.05, 0.1) is 10.7 Å². The van der Waals surface area contributed by atoms with Gasteiger partial charge in [0.2, 0.25) is 0 Å². The third-order valence-corrected chi connectivity index (χ3v) is 5.58. The van der Waals surface area contributed by atoms with E-state index >= 15 is 0 Å². The van der Waals surface area contributed by atoms with Crippen molar-refractivity contribution in [2.75, 3.05) is 24.5 Å². The molecule has 0 aromatic heterocycles. The van der Waals surface area contributed by atoms with Crippen molar-refractivity contribution in [3.63, 3.8) is 0 Å². The van der Waals surface area contributed by atoms with E-state index in [4.69, 9.17) is 17.3 Å². The van der Waals surface area contributed by atoms with Crippen LogP contribution >= 0.6 is 11.6 Å². The molecule has 3 rings (SSSR count). The molecule has 110 valence electrons. The van der Waals surface area contributed by atoms with Crippen LogP contribution in [0.3, 0.4) is 0 Å². The van der Waals surface area contributed by atoms with Gasteiger partial charge in [0, 0.05) is 13.1 Å². The van der Waals surface area contributed by atoms with E-state index in [0.717, 1.165) is 24.5 Å². The molecule has 1 saturated heterocycles. The SMILES string of the molecule is NCCc1ccc(N2CCC3(CCCC3)CC2)c(Cl)c1. The van der Waals surface area contributed by atoms with E-state index < -0.39 is 0 Å². The zero-order valence-corrected chi connectivity index (χ0v) is 13.0. The van der Waals surface area contributed by atoms with Gasteiger partial charge in [0.1, 0.15) is 0 Å². The summed E-state index contributed by atoms with van der Waals surface area (Å²) in [4.78, 5) is 2.47. The molecule has 0 unspecified atom stereocenters. The Morgan fingerprint density at radius 1 is 1.10 bits per heavy atom. The van der Waals surface area contributed by atoms with Gasteiger partial charge < -0.3 is 10.6 Å². The lowest BCUT2D eigenvalue weighted by atomic mass is 9.77. The molecule has 0 radical (unpaired) electrons. The van der Waals surface area contributed by atoms with Crippen molar-refractivity contribution in [1.29, 1.82) is 0 Å². The molecular weight excluding hydrogens is 268 g/mol. The first-order valence-corrected chi connectivity index (χ1v) is 8.34. The second kappa shape index (κ2) is 5.95. The van der Waals surface area contributed by atoms with Gasteiger partial charge in [0.25, 0.3) is 0 Å². The Bertz CT molecular complexity index is 456. The topological polar surface area (TPSA) is 29.3 Å². The van der Waals surface area contributed by atoms with Crippen LogP contribution in [0.25, 0.3) is 0 Å². The van der Waals surface area contributed by atoms with Crippen molar-refractivity contribution >= 4 is 17.3 Å². The molecular formula is C17H25ClN2. The second-order valence-electron chi connectivity index (χ2n) is 6.52. The fourth-order valence-electron chi connectivity index (χ4n) is 3.98. The number of piperidine rings is 1. The minimum absolute atomic E-state index is 0.669. The quantitative estimate of drug-likeness (QED) is 0.912. The summed E-state index contributed by atoms with van der Waals surface area (Å²) >= 11 is 6.47. The van der Waals surface area contributed by atoms with Gasteiger partial charge in [0.15, 0.2) is 0 Å². The fraction of sp³-hybridized carbons (Fsp3) is 0.647. The summed E-state index contributed by atoms with van der Waals surface area (Å²) < 4.78 is 0. The van der Waals surface area contributed by atoms with Crippen molar-refractivity contribution < 1.29 is 0 Å². The highest BCUT2D eigenvalue weighted by Gasteiger charge is 2.37. The van der Waals surface area contributed by atoms with E-state index in [1.54, 1.807) is 0 Å². The summed E-state index contributed by atoms with van der Waals surface area (Å²) in [5.41, 5.74) is 8.72. The molecule has 1 aromatic rings. The number of hydrogen-bond acceptors (Lipinski definition) is 2. The number of hydrogen-bond donors (Lipinski definition) is 1. The van der Waals surface area contributed by atoms with Crippen molar-refractivity contribution in [3.8, 4) is 0 Å². The van der Waals surface area contributed by atoms with Crippen LogP contribution in [0.4, 0.5) is 5.69 Å². The first-order chi connectivity index (χ1) is 9.72. The first kappa shape index (κ1) is 14.2. The monoisotopic (exact) mass is 292 g/mol. The number of halogens is 1. The van der Waals surface area contributed by atoms with Crippen molar-refractivity contribution in [1.82, 2.24) is 0 Å². The van der Waals surface area contributed by atoms with Gasteiger partial charge in [-0.15, -0.1) is 0 Å². The van der Waals surface area contributed by atoms with E-state index in [2.05, 4.69) is 23.1 Å². The molecule has 2 aliphatic rings. The Labute approximate surface area is 127 Å². The minimum Gasteiger partial charge on any atom is -0.370 e. The lowest BCUT2D eigenvalue weighted by Gasteiger charge is -2.40. The maximum Gasteiger partial charge on any atom is 0.0642 e. The molecule has 0 atom stereocenters. The second-order valence-corrected chi connectivity index (χ2v) is 6.93. The van der Waals surface area contributed by atoms with Gasteiger partial charge in [-0.3, -0.25) is 0 Å². The maximum atomic E-state index is 6.47. The van der Waals surface area contributed by atoms with Crippen molar-refractivity contribution in [2.24, 2.45) is 11.1 Å². The molecule has 3 heteroatoms. The zero-order chi connectivity index (χ0) is 14.0. The van der Waals surface area contributed by atoms with Crippen LogP contribution in [0.15, 0.2) is 18.2 Å². The van der Waals surface area contributed by atoms with Crippen LogP contribution in [-0.4, -0.2) is 19.6 Å². The Kier molecular flexibility index (Phi) is 4.23. The molecule has 0 amide bonds. The summed E-state index contributed by atoms with van der Waals surface area (Å²) in [5.74, 6) is 0. The van der Waals surface area contributed by atoms with E-state index in [1.807, 2.05) is 0 Å². The number of anilines is 1. The number of nitrogens with two attached hydrogens (primary N) is 1. The highest BCUT2D eigenvalue weighted by atomic mass is 35.5. The van der Waals surface area contributed by atoms with Gasteiger partial charge >= 0.3 is 0 Å². The van der Waals surface area contributed by atoms with Crippen LogP contribution in [-0.2, 0) is 6.42 Å². The molecule has 1 heterocycles. The summed E-state index contributed by atoms with van der Waals surface area (Å²) in [5, 5.41) is 0.887. The van der Waals surface area contributed by atoms with Gasteiger partial charge in [-0.1, -0.05) is 30.5 Å². The Hall–Kier alpha value is -0.730. The highest BCUT2D eigenvalue weighted by Crippen LogP contribution is 2.47. The predicted molar refractivity (Wildman–Crippen MR) is 86.6 cm³/mol. The smallest absolute Gasteiger partial charge is 0.0642 e. The first-order valence-electron chi connectivity index (χ1n) is 7.96. The van der Waals surface area contributed by atoms with Crippen LogP contribution in [0.2, 0.25) is 5.02 Å². The average molecular weight is 293 g/mol. The van der Waals surface area contributed by atoms with Crippen molar-refractivity contribution in [2.45, 2.75) is 44.9 Å². The van der Waals surface area contributed by atoms with Crippen LogP contribution in [0.5, 0.6) is 0 Å². The van der Waals surface area contributed by atoms with Crippen LogP contribution in [0, 0.1) is 5.41 Å². The summed E-state index contributed by atoms with van der Waals surface area (Å²) in [7, 11) is 0. The summed E-state index contributed by atoms with van der Waals surface area (Å²) in [6, 6.07) is 6.44. The van der Waals surface area contributed by atoms with E-state index in [1.165, 1.54) is 49.8 Å². The van der Waals surface area contributed by atoms with E-state index in [0.29, 0.717) is 12.0 Å². The Balaban J connectivity index is 1.68. The van der Waals surface area contributed by atoms with Crippen LogP contribution < -0.4 is 10.6 Å². The largest absolute Gasteiger partial charge is 0.370 e. The zero-order valence-electron chi connectivity index (χ0n) is 12.2. The number of benzene rings is 1. The third kappa shape index (κ3) is 2.82. The highest BCUT2D eigenvalue weighted by molar-refractivity contribution is 6.33. The predicted octanol–water partition coefficient (Wildman–Crippen LogP) is 4.00. The normalized spacial score (nSPS) is 21.6. The molecule has 1 aliphatic carbocycles. The Morgan fingerprint density at radius 2 is 1.80 bits per heavy atom. The molecule has 0 bridgehead atoms. The van der Waals surface area contributed by atoms with Gasteiger partial charge in [-0.05, 0) is 61.8 Å². The average Bonchev–Trinajstić information content (AvgIpc) is 2.89. The lowest BCUT2D eigenvalue weighted by Crippen LogP contribution is -2.39. The summed E-state index contributed by atoms with van der Waals surface area (Å²) in [6.07, 6.45) is 9.36. The van der Waals surface area contributed by atoms with E-state index in [-0.39, 0.29) is 0 Å². The standard InChI is InChI=1S/C17H25ClN2/c18-15-13-14(5-10-19)3-4-16(15)20-11-8-17(9-12-20)6-1-2-7-17/h3-4,13H,1-2,5-12,19H2. The van der Waals surface area contributed by atoms with Crippen molar-refractivity contribution in [3.05, 3.63) is 28.8 Å². The molecule has 1 aromatic carbocycles. The van der Waals surface area contributed by atoms with Gasteiger partial charge in [-0.2, -0.15) is 0 Å². The molecule has 1 spiro atoms. The Morgan fingerprint density at radius 3 is 2.40 bits per heavy atom.